The first kappa shape index (κ1) is 15.9. The predicted molar refractivity (Wildman–Crippen MR) is 71.5 cm³/mol. The van der Waals surface area contributed by atoms with E-state index in [1.165, 1.54) is 6.07 Å². The molecule has 1 aromatic rings. The van der Waals surface area contributed by atoms with Gasteiger partial charge in [0.2, 0.25) is 10.0 Å². The molecule has 7 heteroatoms. The van der Waals surface area contributed by atoms with Crippen LogP contribution in [0.2, 0.25) is 0 Å². The Balaban J connectivity index is 3.17. The molecule has 4 N–H and O–H groups in total. The third kappa shape index (κ3) is 3.43. The summed E-state index contributed by atoms with van der Waals surface area (Å²) in [5, 5.41) is 9.36. The summed E-state index contributed by atoms with van der Waals surface area (Å²) in [6, 6.07) is 3.38. The minimum Gasteiger partial charge on any atom is -0.399 e. The van der Waals surface area contributed by atoms with E-state index in [2.05, 4.69) is 4.72 Å². The highest BCUT2D eigenvalue weighted by molar-refractivity contribution is 7.89. The first-order valence-corrected chi connectivity index (χ1v) is 7.48. The summed E-state index contributed by atoms with van der Waals surface area (Å²) in [6.07, 6.45) is 0.797. The SMILES string of the molecule is CCC(CC)(CO)NS(=O)(=O)c1ccc(N)cc1F. The average molecular weight is 290 g/mol. The third-order valence-electron chi connectivity index (χ3n) is 3.25. The Kier molecular flexibility index (Phi) is 4.89. The van der Waals surface area contributed by atoms with Crippen LogP contribution in [0.1, 0.15) is 26.7 Å². The molecule has 0 aliphatic carbocycles. The van der Waals surface area contributed by atoms with Crippen molar-refractivity contribution in [2.45, 2.75) is 37.1 Å². The van der Waals surface area contributed by atoms with Crippen LogP contribution in [0.15, 0.2) is 23.1 Å². The van der Waals surface area contributed by atoms with Crippen molar-refractivity contribution in [3.8, 4) is 0 Å². The van der Waals surface area contributed by atoms with Gasteiger partial charge in [-0.15, -0.1) is 0 Å². The molecule has 0 aliphatic rings. The van der Waals surface area contributed by atoms with Gasteiger partial charge in [0.25, 0.3) is 0 Å². The fourth-order valence-electron chi connectivity index (χ4n) is 1.73. The average Bonchev–Trinajstić information content (AvgIpc) is 2.35. The molecule has 0 amide bonds. The van der Waals surface area contributed by atoms with Gasteiger partial charge < -0.3 is 10.8 Å². The van der Waals surface area contributed by atoms with Crippen LogP contribution in [0, 0.1) is 5.82 Å². The number of aliphatic hydroxyl groups is 1. The standard InChI is InChI=1S/C12H19FN2O3S/c1-3-12(4-2,8-16)15-19(17,18)11-6-5-9(14)7-10(11)13/h5-7,15-16H,3-4,8,14H2,1-2H3. The number of anilines is 1. The van der Waals surface area contributed by atoms with Crippen LogP contribution in [-0.2, 0) is 10.0 Å². The van der Waals surface area contributed by atoms with E-state index in [4.69, 9.17) is 5.73 Å². The fraction of sp³-hybridized carbons (Fsp3) is 0.500. The zero-order valence-electron chi connectivity index (χ0n) is 11.0. The Bertz CT molecular complexity index is 534. The summed E-state index contributed by atoms with van der Waals surface area (Å²) < 4.78 is 40.4. The number of rotatable bonds is 6. The summed E-state index contributed by atoms with van der Waals surface area (Å²) in [5.41, 5.74) is 4.55. The molecule has 5 nitrogen and oxygen atoms in total. The molecule has 0 unspecified atom stereocenters. The maximum Gasteiger partial charge on any atom is 0.244 e. The Morgan fingerprint density at radius 1 is 1.37 bits per heavy atom. The van der Waals surface area contributed by atoms with E-state index < -0.39 is 26.3 Å². The van der Waals surface area contributed by atoms with Gasteiger partial charge in [0.05, 0.1) is 12.1 Å². The number of hydrogen-bond acceptors (Lipinski definition) is 4. The van der Waals surface area contributed by atoms with Crippen LogP contribution >= 0.6 is 0 Å². The van der Waals surface area contributed by atoms with Crippen LogP contribution < -0.4 is 10.5 Å². The molecule has 0 fully saturated rings. The maximum absolute atomic E-state index is 13.7. The molecule has 0 aromatic heterocycles. The number of halogens is 1. The second-order valence-electron chi connectivity index (χ2n) is 4.44. The van der Waals surface area contributed by atoms with Gasteiger partial charge in [-0.3, -0.25) is 0 Å². The smallest absolute Gasteiger partial charge is 0.244 e. The monoisotopic (exact) mass is 290 g/mol. The van der Waals surface area contributed by atoms with Crippen LogP contribution in [0.3, 0.4) is 0 Å². The summed E-state index contributed by atoms with van der Waals surface area (Å²) in [6.45, 7) is 3.15. The van der Waals surface area contributed by atoms with E-state index >= 15 is 0 Å². The Morgan fingerprint density at radius 2 is 1.95 bits per heavy atom. The number of nitrogens with one attached hydrogen (secondary N) is 1. The van der Waals surface area contributed by atoms with Crippen molar-refractivity contribution >= 4 is 15.7 Å². The lowest BCUT2D eigenvalue weighted by atomic mass is 9.96. The van der Waals surface area contributed by atoms with Gasteiger partial charge in [-0.2, -0.15) is 0 Å². The van der Waals surface area contributed by atoms with Crippen LogP contribution in [-0.4, -0.2) is 25.7 Å². The second-order valence-corrected chi connectivity index (χ2v) is 6.09. The van der Waals surface area contributed by atoms with E-state index in [9.17, 15) is 17.9 Å². The summed E-state index contributed by atoms with van der Waals surface area (Å²) in [7, 11) is -4.04. The normalized spacial score (nSPS) is 12.6. The Morgan fingerprint density at radius 3 is 2.37 bits per heavy atom. The lowest BCUT2D eigenvalue weighted by Gasteiger charge is -2.30. The third-order valence-corrected chi connectivity index (χ3v) is 4.86. The first-order valence-electron chi connectivity index (χ1n) is 6.00. The van der Waals surface area contributed by atoms with E-state index in [1.54, 1.807) is 13.8 Å². The second kappa shape index (κ2) is 5.85. The van der Waals surface area contributed by atoms with E-state index in [0.29, 0.717) is 12.8 Å². The van der Waals surface area contributed by atoms with E-state index in [0.717, 1.165) is 12.1 Å². The summed E-state index contributed by atoms with van der Waals surface area (Å²) >= 11 is 0. The van der Waals surface area contributed by atoms with Crippen molar-refractivity contribution in [2.24, 2.45) is 0 Å². The fourth-order valence-corrected chi connectivity index (χ4v) is 3.32. The molecule has 1 aromatic carbocycles. The van der Waals surface area contributed by atoms with Crippen molar-refractivity contribution in [1.82, 2.24) is 4.72 Å². The molecule has 0 atom stereocenters. The minimum atomic E-state index is -4.04. The molecule has 0 bridgehead atoms. The number of nitrogen functional groups attached to an aromatic ring is 1. The van der Waals surface area contributed by atoms with Crippen molar-refractivity contribution in [3.05, 3.63) is 24.0 Å². The lowest BCUT2D eigenvalue weighted by Crippen LogP contribution is -2.50. The van der Waals surface area contributed by atoms with Crippen LogP contribution in [0.25, 0.3) is 0 Å². The van der Waals surface area contributed by atoms with Crippen molar-refractivity contribution in [3.63, 3.8) is 0 Å². The quantitative estimate of drug-likeness (QED) is 0.687. The molecule has 0 aliphatic heterocycles. The molecule has 0 heterocycles. The molecule has 0 saturated heterocycles. The molecular weight excluding hydrogens is 271 g/mol. The number of benzene rings is 1. The van der Waals surface area contributed by atoms with Crippen LogP contribution in [0.4, 0.5) is 10.1 Å². The molecule has 0 saturated carbocycles. The van der Waals surface area contributed by atoms with Crippen molar-refractivity contribution in [1.29, 1.82) is 0 Å². The molecule has 0 radical (unpaired) electrons. The van der Waals surface area contributed by atoms with Crippen LogP contribution in [0.5, 0.6) is 0 Å². The highest BCUT2D eigenvalue weighted by Gasteiger charge is 2.32. The van der Waals surface area contributed by atoms with E-state index in [-0.39, 0.29) is 12.3 Å². The number of nitrogens with two attached hydrogens (primary N) is 1. The number of sulfonamides is 1. The number of hydrogen-bond donors (Lipinski definition) is 3. The largest absolute Gasteiger partial charge is 0.399 e. The Labute approximate surface area is 112 Å². The van der Waals surface area contributed by atoms with Gasteiger partial charge in [0.1, 0.15) is 10.7 Å². The minimum absolute atomic E-state index is 0.149. The highest BCUT2D eigenvalue weighted by atomic mass is 32.2. The molecule has 19 heavy (non-hydrogen) atoms. The highest BCUT2D eigenvalue weighted by Crippen LogP contribution is 2.22. The van der Waals surface area contributed by atoms with Gasteiger partial charge in [0, 0.05) is 5.69 Å². The van der Waals surface area contributed by atoms with E-state index in [1.807, 2.05) is 0 Å². The molecular formula is C12H19FN2O3S. The predicted octanol–water partition coefficient (Wildman–Crippen LogP) is 1.24. The molecule has 1 rings (SSSR count). The Hall–Kier alpha value is -1.18. The molecule has 108 valence electrons. The zero-order chi connectivity index (χ0) is 14.7. The van der Waals surface area contributed by atoms with Gasteiger partial charge >= 0.3 is 0 Å². The van der Waals surface area contributed by atoms with Crippen molar-refractivity contribution in [2.75, 3.05) is 12.3 Å². The molecule has 0 spiro atoms. The zero-order valence-corrected chi connectivity index (χ0v) is 11.8. The van der Waals surface area contributed by atoms with Gasteiger partial charge in [-0.1, -0.05) is 13.8 Å². The van der Waals surface area contributed by atoms with Gasteiger partial charge in [-0.25, -0.2) is 17.5 Å². The summed E-state index contributed by atoms with van der Waals surface area (Å²) in [5.74, 6) is -0.911. The summed E-state index contributed by atoms with van der Waals surface area (Å²) in [4.78, 5) is -0.471. The lowest BCUT2D eigenvalue weighted by molar-refractivity contribution is 0.172. The topological polar surface area (TPSA) is 92.4 Å². The maximum atomic E-state index is 13.7. The van der Waals surface area contributed by atoms with Gasteiger partial charge in [0.15, 0.2) is 0 Å². The van der Waals surface area contributed by atoms with Gasteiger partial charge in [-0.05, 0) is 31.0 Å². The number of aliphatic hydroxyl groups excluding tert-OH is 1. The van der Waals surface area contributed by atoms with Crippen molar-refractivity contribution < 1.29 is 17.9 Å². The first-order chi connectivity index (χ1) is 8.80.